The van der Waals surface area contributed by atoms with E-state index in [9.17, 15) is 4.79 Å². The lowest BCUT2D eigenvalue weighted by molar-refractivity contribution is -0.148. The van der Waals surface area contributed by atoms with Crippen LogP contribution in [0.15, 0.2) is 4.34 Å². The Balaban J connectivity index is 2.03. The molecule has 2 rings (SSSR count). The molecule has 0 spiro atoms. The second-order valence-corrected chi connectivity index (χ2v) is 7.98. The fourth-order valence-electron chi connectivity index (χ4n) is 2.80. The van der Waals surface area contributed by atoms with Crippen molar-refractivity contribution in [3.63, 3.8) is 0 Å². The van der Waals surface area contributed by atoms with Crippen molar-refractivity contribution in [1.29, 1.82) is 0 Å². The second-order valence-electron chi connectivity index (χ2n) is 5.69. The minimum atomic E-state index is -0.543. The van der Waals surface area contributed by atoms with Crippen molar-refractivity contribution in [2.45, 2.75) is 67.6 Å². The van der Waals surface area contributed by atoms with Crippen LogP contribution in [-0.2, 0) is 16.0 Å². The van der Waals surface area contributed by atoms with Crippen molar-refractivity contribution in [3.05, 3.63) is 5.82 Å². The Bertz CT molecular complexity index is 492. The molecule has 1 aromatic heterocycles. The molecular weight excluding hydrogens is 306 g/mol. The van der Waals surface area contributed by atoms with E-state index in [1.54, 1.807) is 11.8 Å². The molecule has 0 aromatic carbocycles. The van der Waals surface area contributed by atoms with Gasteiger partial charge in [-0.2, -0.15) is 4.37 Å². The Hall–Kier alpha value is -0.660. The van der Waals surface area contributed by atoms with Gasteiger partial charge in [-0.3, -0.25) is 10.1 Å². The molecule has 7 heteroatoms. The fraction of sp³-hybridized carbons (Fsp3) is 0.786. The van der Waals surface area contributed by atoms with Crippen LogP contribution in [0.4, 0.5) is 0 Å². The van der Waals surface area contributed by atoms with E-state index in [0.717, 1.165) is 35.8 Å². The van der Waals surface area contributed by atoms with Crippen LogP contribution in [0.25, 0.3) is 0 Å². The normalized spacial score (nSPS) is 25.5. The van der Waals surface area contributed by atoms with Crippen molar-refractivity contribution in [1.82, 2.24) is 14.7 Å². The minimum Gasteiger partial charge on any atom is -0.468 e. The monoisotopic (exact) mass is 329 g/mol. The zero-order chi connectivity index (χ0) is 15.5. The molecule has 2 atom stereocenters. The molecule has 2 unspecified atom stereocenters. The number of rotatable bonds is 6. The molecule has 118 valence electrons. The summed E-state index contributed by atoms with van der Waals surface area (Å²) in [6, 6.07) is 0.251. The van der Waals surface area contributed by atoms with Crippen LogP contribution < -0.4 is 5.32 Å². The number of aryl methyl sites for hydroxylation is 1. The fourth-order valence-corrected chi connectivity index (χ4v) is 5.03. The predicted octanol–water partition coefficient (Wildman–Crippen LogP) is 2.65. The third-order valence-electron chi connectivity index (χ3n) is 3.64. The lowest BCUT2D eigenvalue weighted by Gasteiger charge is -2.29. The number of nitrogens with one attached hydrogen (secondary N) is 1. The lowest BCUT2D eigenvalue weighted by Crippen LogP contribution is -2.53. The summed E-state index contributed by atoms with van der Waals surface area (Å²) >= 11 is 3.20. The summed E-state index contributed by atoms with van der Waals surface area (Å²) < 4.78 is 10.3. The number of hydrogen-bond acceptors (Lipinski definition) is 7. The van der Waals surface area contributed by atoms with Gasteiger partial charge in [0, 0.05) is 17.7 Å². The van der Waals surface area contributed by atoms with Gasteiger partial charge < -0.3 is 4.74 Å². The SMILES string of the molecule is CCc1nsc(SC2CCC(NC(C)C)(C(=O)OC)C2)n1. The van der Waals surface area contributed by atoms with Gasteiger partial charge in [0.05, 0.1) is 7.11 Å². The quantitative estimate of drug-likeness (QED) is 0.810. The Morgan fingerprint density at radius 3 is 2.95 bits per heavy atom. The van der Waals surface area contributed by atoms with Crippen molar-refractivity contribution in [2.75, 3.05) is 7.11 Å². The first-order chi connectivity index (χ1) is 9.99. The average molecular weight is 329 g/mol. The van der Waals surface area contributed by atoms with E-state index >= 15 is 0 Å². The van der Waals surface area contributed by atoms with Crippen molar-refractivity contribution < 1.29 is 9.53 Å². The molecule has 0 radical (unpaired) electrons. The highest BCUT2D eigenvalue weighted by Gasteiger charge is 2.47. The van der Waals surface area contributed by atoms with Gasteiger partial charge >= 0.3 is 5.97 Å². The summed E-state index contributed by atoms with van der Waals surface area (Å²) in [5, 5.41) is 3.80. The Labute approximate surface area is 134 Å². The van der Waals surface area contributed by atoms with Crippen molar-refractivity contribution >= 4 is 29.3 Å². The number of carbonyl (C=O) groups excluding carboxylic acids is 1. The molecule has 1 N–H and O–H groups in total. The van der Waals surface area contributed by atoms with Gasteiger partial charge in [0.2, 0.25) is 0 Å². The van der Waals surface area contributed by atoms with Crippen LogP contribution in [0, 0.1) is 0 Å². The van der Waals surface area contributed by atoms with Gasteiger partial charge in [0.1, 0.15) is 11.4 Å². The minimum absolute atomic E-state index is 0.147. The first-order valence-corrected chi connectivity index (χ1v) is 8.99. The van der Waals surface area contributed by atoms with Crippen LogP contribution in [0.5, 0.6) is 0 Å². The maximum atomic E-state index is 12.2. The molecular formula is C14H23N3O2S2. The number of esters is 1. The summed E-state index contributed by atoms with van der Waals surface area (Å²) in [6.45, 7) is 6.17. The topological polar surface area (TPSA) is 64.1 Å². The second kappa shape index (κ2) is 7.07. The number of ether oxygens (including phenoxy) is 1. The molecule has 0 amide bonds. The van der Waals surface area contributed by atoms with Gasteiger partial charge in [-0.05, 0) is 44.6 Å². The zero-order valence-corrected chi connectivity index (χ0v) is 14.6. The largest absolute Gasteiger partial charge is 0.468 e. The Morgan fingerprint density at radius 2 is 2.38 bits per heavy atom. The number of carbonyl (C=O) groups is 1. The van der Waals surface area contributed by atoms with E-state index in [4.69, 9.17) is 4.74 Å². The third kappa shape index (κ3) is 3.96. The molecule has 0 saturated heterocycles. The Morgan fingerprint density at radius 1 is 1.62 bits per heavy atom. The zero-order valence-electron chi connectivity index (χ0n) is 13.0. The molecule has 1 heterocycles. The van der Waals surface area contributed by atoms with Crippen molar-refractivity contribution in [3.8, 4) is 0 Å². The number of hydrogen-bond donors (Lipinski definition) is 1. The maximum absolute atomic E-state index is 12.2. The highest BCUT2D eigenvalue weighted by molar-refractivity contribution is 8.01. The van der Waals surface area contributed by atoms with Crippen LogP contribution >= 0.6 is 23.3 Å². The smallest absolute Gasteiger partial charge is 0.326 e. The summed E-state index contributed by atoms with van der Waals surface area (Å²) in [6.07, 6.45) is 3.45. The summed E-state index contributed by atoms with van der Waals surface area (Å²) in [7, 11) is 1.46. The molecule has 5 nitrogen and oxygen atoms in total. The van der Waals surface area contributed by atoms with E-state index in [-0.39, 0.29) is 12.0 Å². The van der Waals surface area contributed by atoms with Crippen LogP contribution in [0.2, 0.25) is 0 Å². The van der Waals surface area contributed by atoms with Gasteiger partial charge in [-0.15, -0.1) is 0 Å². The Kier molecular flexibility index (Phi) is 5.62. The maximum Gasteiger partial charge on any atom is 0.326 e. The van der Waals surface area contributed by atoms with E-state index in [1.807, 2.05) is 0 Å². The molecule has 1 fully saturated rings. The van der Waals surface area contributed by atoms with Crippen LogP contribution in [0.3, 0.4) is 0 Å². The van der Waals surface area contributed by atoms with Crippen LogP contribution in [0.1, 0.15) is 45.9 Å². The highest BCUT2D eigenvalue weighted by atomic mass is 32.2. The first-order valence-electron chi connectivity index (χ1n) is 7.34. The van der Waals surface area contributed by atoms with Gasteiger partial charge in [-0.25, -0.2) is 4.98 Å². The molecule has 1 saturated carbocycles. The number of aromatic nitrogens is 2. The molecule has 0 bridgehead atoms. The van der Waals surface area contributed by atoms with Crippen LogP contribution in [-0.4, -0.2) is 39.3 Å². The van der Waals surface area contributed by atoms with E-state index in [2.05, 4.69) is 35.4 Å². The summed E-state index contributed by atoms with van der Waals surface area (Å²) in [5.74, 6) is 0.755. The van der Waals surface area contributed by atoms with Gasteiger partial charge in [0.25, 0.3) is 0 Å². The first kappa shape index (κ1) is 16.7. The molecule has 0 aliphatic heterocycles. The number of thioether (sulfide) groups is 1. The molecule has 21 heavy (non-hydrogen) atoms. The number of methoxy groups -OCH3 is 1. The van der Waals surface area contributed by atoms with E-state index in [1.165, 1.54) is 18.6 Å². The number of nitrogens with zero attached hydrogens (tertiary/aromatic N) is 2. The lowest BCUT2D eigenvalue weighted by atomic mass is 9.97. The summed E-state index contributed by atoms with van der Waals surface area (Å²) in [5.41, 5.74) is -0.543. The van der Waals surface area contributed by atoms with Crippen molar-refractivity contribution in [2.24, 2.45) is 0 Å². The molecule has 1 aliphatic rings. The molecule has 1 aromatic rings. The van der Waals surface area contributed by atoms with Gasteiger partial charge in [0.15, 0.2) is 4.34 Å². The average Bonchev–Trinajstić information content (AvgIpc) is 3.05. The summed E-state index contributed by atoms with van der Waals surface area (Å²) in [4.78, 5) is 16.7. The van der Waals surface area contributed by atoms with E-state index < -0.39 is 5.54 Å². The predicted molar refractivity (Wildman–Crippen MR) is 85.8 cm³/mol. The van der Waals surface area contributed by atoms with E-state index in [0.29, 0.717) is 5.25 Å². The third-order valence-corrected chi connectivity index (χ3v) is 5.73. The molecule has 1 aliphatic carbocycles. The standard InChI is InChI=1S/C14H23N3O2S2/c1-5-11-15-13(21-17-11)20-10-6-7-14(8-10,12(18)19-4)16-9(2)3/h9-10,16H,5-8H2,1-4H3. The highest BCUT2D eigenvalue weighted by Crippen LogP contribution is 2.41. The van der Waals surface area contributed by atoms with Gasteiger partial charge in [-0.1, -0.05) is 18.7 Å².